The predicted octanol–water partition coefficient (Wildman–Crippen LogP) is 4.00. The minimum atomic E-state index is -1.01. The lowest BCUT2D eigenvalue weighted by atomic mass is 9.66. The average molecular weight is 405 g/mol. The summed E-state index contributed by atoms with van der Waals surface area (Å²) in [5.41, 5.74) is -0.815. The number of carbonyl (C=O) groups is 1. The first-order valence-electron chi connectivity index (χ1n) is 7.20. The molecule has 126 valence electrons. The average Bonchev–Trinajstić information content (AvgIpc) is 2.60. The Morgan fingerprint density at radius 2 is 1.83 bits per heavy atom. The highest BCUT2D eigenvalue weighted by molar-refractivity contribution is 9.10. The molecule has 1 atom stereocenters. The number of hydrogen-bond donors (Lipinski definition) is 2. The van der Waals surface area contributed by atoms with Crippen LogP contribution in [0.4, 0.5) is 0 Å². The third-order valence-electron chi connectivity index (χ3n) is 4.45. The summed E-state index contributed by atoms with van der Waals surface area (Å²) in [5, 5.41) is 20.0. The third-order valence-corrected chi connectivity index (χ3v) is 5.27. The van der Waals surface area contributed by atoms with Crippen LogP contribution in [0.2, 0.25) is 5.02 Å². The fraction of sp³-hybridized carbons (Fsp3) is 0.533. The Morgan fingerprint density at radius 1 is 1.30 bits per heavy atom. The molecule has 0 bridgehead atoms. The SMILES string of the molecule is CC1(C)OB(C(CC(=O)O)c2cc(Cl)cc(Br)c2O)OC1(C)C. The molecular formula is C15H19BBrClO5. The zero-order chi connectivity index (χ0) is 17.6. The molecule has 1 unspecified atom stereocenters. The molecule has 1 aromatic rings. The largest absolute Gasteiger partial charge is 0.506 e. The molecule has 1 saturated heterocycles. The highest BCUT2D eigenvalue weighted by Crippen LogP contribution is 2.45. The van der Waals surface area contributed by atoms with Gasteiger partial charge >= 0.3 is 13.1 Å². The van der Waals surface area contributed by atoms with Gasteiger partial charge in [-0.1, -0.05) is 11.6 Å². The number of aliphatic carboxylic acids is 1. The van der Waals surface area contributed by atoms with Gasteiger partial charge in [0.15, 0.2) is 0 Å². The Morgan fingerprint density at radius 3 is 2.30 bits per heavy atom. The van der Waals surface area contributed by atoms with E-state index in [2.05, 4.69) is 15.9 Å². The van der Waals surface area contributed by atoms with Crippen molar-refractivity contribution in [1.29, 1.82) is 0 Å². The van der Waals surface area contributed by atoms with Crippen molar-refractivity contribution in [1.82, 2.24) is 0 Å². The predicted molar refractivity (Wildman–Crippen MR) is 91.9 cm³/mol. The third kappa shape index (κ3) is 3.68. The minimum absolute atomic E-state index is 0.0598. The number of aromatic hydroxyl groups is 1. The molecule has 1 fully saturated rings. The number of hydrogen-bond acceptors (Lipinski definition) is 4. The first-order valence-corrected chi connectivity index (χ1v) is 8.37. The molecule has 0 spiro atoms. The maximum absolute atomic E-state index is 11.3. The molecular weight excluding hydrogens is 386 g/mol. The van der Waals surface area contributed by atoms with Gasteiger partial charge in [0.25, 0.3) is 0 Å². The van der Waals surface area contributed by atoms with Gasteiger partial charge in [0.1, 0.15) is 5.75 Å². The second-order valence-corrected chi connectivity index (χ2v) is 7.95. The highest BCUT2D eigenvalue weighted by Gasteiger charge is 2.54. The summed E-state index contributed by atoms with van der Waals surface area (Å²) in [6.45, 7) is 7.55. The van der Waals surface area contributed by atoms with Gasteiger partial charge in [0.2, 0.25) is 0 Å². The van der Waals surface area contributed by atoms with E-state index in [0.29, 0.717) is 15.1 Å². The number of carboxylic acids is 1. The fourth-order valence-corrected chi connectivity index (χ4v) is 3.30. The molecule has 1 heterocycles. The molecule has 1 aliphatic rings. The van der Waals surface area contributed by atoms with Crippen molar-refractivity contribution in [2.24, 2.45) is 0 Å². The molecule has 1 aromatic carbocycles. The first-order chi connectivity index (χ1) is 10.4. The summed E-state index contributed by atoms with van der Waals surface area (Å²) < 4.78 is 12.3. The zero-order valence-corrected chi connectivity index (χ0v) is 15.7. The van der Waals surface area contributed by atoms with Gasteiger partial charge in [0, 0.05) is 10.8 Å². The van der Waals surface area contributed by atoms with Crippen molar-refractivity contribution in [3.05, 3.63) is 27.2 Å². The topological polar surface area (TPSA) is 76.0 Å². The highest BCUT2D eigenvalue weighted by atomic mass is 79.9. The summed E-state index contributed by atoms with van der Waals surface area (Å²) in [6.07, 6.45) is -0.253. The van der Waals surface area contributed by atoms with E-state index in [1.807, 2.05) is 27.7 Å². The molecule has 0 aromatic heterocycles. The Kier molecular flexibility index (Phi) is 5.07. The van der Waals surface area contributed by atoms with Gasteiger partial charge in [0.05, 0.1) is 22.1 Å². The second-order valence-electron chi connectivity index (χ2n) is 6.65. The minimum Gasteiger partial charge on any atom is -0.506 e. The lowest BCUT2D eigenvalue weighted by Gasteiger charge is -2.32. The van der Waals surface area contributed by atoms with Crippen LogP contribution in [0.1, 0.15) is 45.5 Å². The number of rotatable bonds is 4. The van der Waals surface area contributed by atoms with Crippen LogP contribution in [-0.2, 0) is 14.1 Å². The normalized spacial score (nSPS) is 20.5. The smallest absolute Gasteiger partial charge is 0.466 e. The summed E-state index contributed by atoms with van der Waals surface area (Å²) >= 11 is 9.27. The van der Waals surface area contributed by atoms with Crippen molar-refractivity contribution >= 4 is 40.6 Å². The monoisotopic (exact) mass is 404 g/mol. The lowest BCUT2D eigenvalue weighted by Crippen LogP contribution is -2.41. The second kappa shape index (κ2) is 6.28. The molecule has 8 heteroatoms. The molecule has 0 saturated carbocycles. The van der Waals surface area contributed by atoms with Crippen molar-refractivity contribution in [3.63, 3.8) is 0 Å². The maximum atomic E-state index is 11.3. The van der Waals surface area contributed by atoms with Crippen LogP contribution in [0, 0.1) is 0 Å². The van der Waals surface area contributed by atoms with Crippen LogP contribution < -0.4 is 0 Å². The summed E-state index contributed by atoms with van der Waals surface area (Å²) in [4.78, 5) is 11.3. The lowest BCUT2D eigenvalue weighted by molar-refractivity contribution is -0.137. The van der Waals surface area contributed by atoms with Crippen molar-refractivity contribution < 1.29 is 24.3 Å². The Labute approximate surface area is 149 Å². The van der Waals surface area contributed by atoms with Gasteiger partial charge in [-0.3, -0.25) is 4.79 Å². The molecule has 1 aliphatic heterocycles. The van der Waals surface area contributed by atoms with E-state index < -0.39 is 30.1 Å². The Bertz CT molecular complexity index is 619. The van der Waals surface area contributed by atoms with Crippen molar-refractivity contribution in [2.45, 2.75) is 51.1 Å². The quantitative estimate of drug-likeness (QED) is 0.741. The van der Waals surface area contributed by atoms with Crippen molar-refractivity contribution in [2.75, 3.05) is 0 Å². The number of phenolic OH excluding ortho intramolecular Hbond substituents is 1. The summed E-state index contributed by atoms with van der Waals surface area (Å²) in [6, 6.07) is 3.09. The summed E-state index contributed by atoms with van der Waals surface area (Å²) in [7, 11) is -0.799. The number of halogens is 2. The van der Waals surface area contributed by atoms with Crippen LogP contribution in [0.25, 0.3) is 0 Å². The molecule has 23 heavy (non-hydrogen) atoms. The fourth-order valence-electron chi connectivity index (χ4n) is 2.46. The standard InChI is InChI=1S/C15H19BBrClO5/c1-14(2)15(3,4)23-16(22-14)10(7-12(19)20)9-5-8(18)6-11(17)13(9)21/h5-6,10,21H,7H2,1-4H3,(H,19,20). The molecule has 0 aliphatic carbocycles. The van der Waals surface area contributed by atoms with Gasteiger partial charge in [-0.2, -0.15) is 0 Å². The van der Waals surface area contributed by atoms with Crippen molar-refractivity contribution in [3.8, 4) is 5.75 Å². The molecule has 0 radical (unpaired) electrons. The molecule has 5 nitrogen and oxygen atoms in total. The van der Waals surface area contributed by atoms with Crippen LogP contribution in [-0.4, -0.2) is 34.5 Å². The Hall–Kier alpha value is -0.755. The molecule has 0 amide bonds. The van der Waals surface area contributed by atoms with E-state index in [-0.39, 0.29) is 12.2 Å². The van der Waals surface area contributed by atoms with E-state index in [4.69, 9.17) is 20.9 Å². The number of carboxylic acid groups (broad SMARTS) is 1. The van der Waals surface area contributed by atoms with E-state index in [1.165, 1.54) is 0 Å². The van der Waals surface area contributed by atoms with Gasteiger partial charge in [-0.25, -0.2) is 0 Å². The number of benzene rings is 1. The summed E-state index contributed by atoms with van der Waals surface area (Å²) in [5.74, 6) is -1.76. The zero-order valence-electron chi connectivity index (χ0n) is 13.4. The molecule has 2 N–H and O–H groups in total. The van der Waals surface area contributed by atoms with Gasteiger partial charge in [-0.05, 0) is 61.3 Å². The van der Waals surface area contributed by atoms with E-state index >= 15 is 0 Å². The van der Waals surface area contributed by atoms with Crippen LogP contribution in [0.3, 0.4) is 0 Å². The maximum Gasteiger partial charge on any atom is 0.466 e. The van der Waals surface area contributed by atoms with Crippen LogP contribution in [0.15, 0.2) is 16.6 Å². The Balaban J connectivity index is 2.46. The molecule has 2 rings (SSSR count). The van der Waals surface area contributed by atoms with Gasteiger partial charge < -0.3 is 19.5 Å². The van der Waals surface area contributed by atoms with Crippen LogP contribution >= 0.6 is 27.5 Å². The van der Waals surface area contributed by atoms with E-state index in [1.54, 1.807) is 12.1 Å². The van der Waals surface area contributed by atoms with Crippen LogP contribution in [0.5, 0.6) is 5.75 Å². The number of phenols is 1. The van der Waals surface area contributed by atoms with Gasteiger partial charge in [-0.15, -0.1) is 0 Å². The van der Waals surface area contributed by atoms with E-state index in [0.717, 1.165) is 0 Å². The first kappa shape index (κ1) is 18.6. The van der Waals surface area contributed by atoms with E-state index in [9.17, 15) is 15.0 Å².